The predicted octanol–water partition coefficient (Wildman–Crippen LogP) is 3.98. The van der Waals surface area contributed by atoms with Crippen molar-refractivity contribution in [2.75, 3.05) is 0 Å². The normalized spacial score (nSPS) is 17.3. The highest BCUT2D eigenvalue weighted by Crippen LogP contribution is 2.35. The van der Waals surface area contributed by atoms with E-state index in [1.54, 1.807) is 6.07 Å². The molecule has 98 valence electrons. The van der Waals surface area contributed by atoms with Gasteiger partial charge in [0.25, 0.3) is 0 Å². The van der Waals surface area contributed by atoms with E-state index in [9.17, 15) is 0 Å². The van der Waals surface area contributed by atoms with Crippen LogP contribution in [-0.4, -0.2) is 10.9 Å². The van der Waals surface area contributed by atoms with E-state index in [1.807, 2.05) is 18.2 Å². The van der Waals surface area contributed by atoms with Crippen LogP contribution in [0.15, 0.2) is 35.0 Å². The lowest BCUT2D eigenvalue weighted by Gasteiger charge is -2.10. The lowest BCUT2D eigenvalue weighted by Crippen LogP contribution is -1.99. The van der Waals surface area contributed by atoms with Crippen molar-refractivity contribution in [1.82, 2.24) is 0 Å². The summed E-state index contributed by atoms with van der Waals surface area (Å²) in [6, 6.07) is 9.67. The molecular weight excluding hydrogens is 236 g/mol. The molecule has 0 saturated carbocycles. The van der Waals surface area contributed by atoms with E-state index in [1.165, 1.54) is 5.57 Å². The average molecular weight is 254 g/mol. The van der Waals surface area contributed by atoms with Crippen molar-refractivity contribution in [3.05, 3.63) is 41.0 Å². The quantitative estimate of drug-likeness (QED) is 0.655. The van der Waals surface area contributed by atoms with Gasteiger partial charge in [0.1, 0.15) is 0 Å². The molecule has 0 saturated heterocycles. The number of rotatable bonds is 3. The number of nitrogens with zero attached hydrogens (tertiary/aromatic N) is 2. The summed E-state index contributed by atoms with van der Waals surface area (Å²) in [4.78, 5) is 0. The highest BCUT2D eigenvalue weighted by Gasteiger charge is 2.23. The number of hydrogen-bond acceptors (Lipinski definition) is 3. The van der Waals surface area contributed by atoms with Crippen LogP contribution in [0.2, 0.25) is 0 Å². The van der Waals surface area contributed by atoms with Crippen molar-refractivity contribution in [2.24, 2.45) is 11.1 Å². The Morgan fingerprint density at radius 2 is 2.16 bits per heavy atom. The van der Waals surface area contributed by atoms with Crippen molar-refractivity contribution in [3.8, 4) is 6.07 Å². The van der Waals surface area contributed by atoms with Crippen LogP contribution >= 0.6 is 0 Å². The third kappa shape index (κ3) is 2.85. The van der Waals surface area contributed by atoms with Crippen LogP contribution < -0.4 is 0 Å². The molecule has 19 heavy (non-hydrogen) atoms. The van der Waals surface area contributed by atoms with E-state index >= 15 is 0 Å². The van der Waals surface area contributed by atoms with E-state index in [2.05, 4.69) is 25.1 Å². The first-order chi connectivity index (χ1) is 9.15. The Hall–Kier alpha value is -2.08. The Balaban J connectivity index is 2.49. The summed E-state index contributed by atoms with van der Waals surface area (Å²) in [5.41, 5.74) is 4.73. The number of nitriles is 1. The minimum Gasteiger partial charge on any atom is -0.411 e. The average Bonchev–Trinajstić information content (AvgIpc) is 2.80. The zero-order valence-corrected chi connectivity index (χ0v) is 11.3. The van der Waals surface area contributed by atoms with Crippen LogP contribution in [0.3, 0.4) is 0 Å². The van der Waals surface area contributed by atoms with E-state index in [4.69, 9.17) is 10.5 Å². The molecule has 1 aromatic rings. The summed E-state index contributed by atoms with van der Waals surface area (Å²) in [6.45, 7) is 4.37. The first-order valence-corrected chi connectivity index (χ1v) is 6.59. The van der Waals surface area contributed by atoms with E-state index in [-0.39, 0.29) is 0 Å². The van der Waals surface area contributed by atoms with Gasteiger partial charge in [-0.15, -0.1) is 0 Å². The number of hydrogen-bond donors (Lipinski definition) is 1. The molecule has 0 bridgehead atoms. The second-order valence-corrected chi connectivity index (χ2v) is 5.32. The molecule has 0 aliphatic heterocycles. The van der Waals surface area contributed by atoms with Crippen molar-refractivity contribution in [3.63, 3.8) is 0 Å². The predicted molar refractivity (Wildman–Crippen MR) is 76.0 cm³/mol. The number of oxime groups is 1. The van der Waals surface area contributed by atoms with Crippen LogP contribution in [0.4, 0.5) is 0 Å². The van der Waals surface area contributed by atoms with E-state index in [0.29, 0.717) is 11.5 Å². The summed E-state index contributed by atoms with van der Waals surface area (Å²) < 4.78 is 0. The minimum absolute atomic E-state index is 0.571. The summed E-state index contributed by atoms with van der Waals surface area (Å²) >= 11 is 0. The fraction of sp³-hybridized carbons (Fsp3) is 0.375. The fourth-order valence-corrected chi connectivity index (χ4v) is 2.64. The Morgan fingerprint density at radius 1 is 1.37 bits per heavy atom. The molecule has 0 aromatic heterocycles. The maximum absolute atomic E-state index is 9.16. The van der Waals surface area contributed by atoms with Gasteiger partial charge in [-0.3, -0.25) is 0 Å². The van der Waals surface area contributed by atoms with Gasteiger partial charge in [-0.2, -0.15) is 5.26 Å². The molecule has 0 spiro atoms. The lowest BCUT2D eigenvalue weighted by molar-refractivity contribution is 0.319. The molecule has 1 aliphatic carbocycles. The Kier molecular flexibility index (Phi) is 4.01. The van der Waals surface area contributed by atoms with Crippen LogP contribution in [0.25, 0.3) is 5.57 Å². The van der Waals surface area contributed by atoms with Gasteiger partial charge < -0.3 is 5.21 Å². The summed E-state index contributed by atoms with van der Waals surface area (Å²) in [5, 5.41) is 21.6. The molecule has 3 nitrogen and oxygen atoms in total. The van der Waals surface area contributed by atoms with Crippen LogP contribution in [0.5, 0.6) is 0 Å². The third-order valence-electron chi connectivity index (χ3n) is 3.36. The van der Waals surface area contributed by atoms with Gasteiger partial charge in [0, 0.05) is 5.57 Å². The summed E-state index contributed by atoms with van der Waals surface area (Å²) in [5.74, 6) is 0.571. The Bertz CT molecular complexity index is 577. The topological polar surface area (TPSA) is 56.4 Å². The van der Waals surface area contributed by atoms with Gasteiger partial charge in [-0.1, -0.05) is 36.7 Å². The fourth-order valence-electron chi connectivity index (χ4n) is 2.64. The maximum atomic E-state index is 9.16. The molecule has 0 atom stereocenters. The van der Waals surface area contributed by atoms with Gasteiger partial charge in [-0.25, -0.2) is 0 Å². The molecule has 1 N–H and O–H groups in total. The highest BCUT2D eigenvalue weighted by molar-refractivity contribution is 6.26. The van der Waals surface area contributed by atoms with Gasteiger partial charge >= 0.3 is 0 Å². The van der Waals surface area contributed by atoms with Crippen LogP contribution in [-0.2, 0) is 0 Å². The molecule has 0 amide bonds. The molecule has 0 heterocycles. The summed E-state index contributed by atoms with van der Waals surface area (Å²) in [6.07, 6.45) is 2.74. The zero-order chi connectivity index (χ0) is 13.8. The molecule has 3 heteroatoms. The Morgan fingerprint density at radius 3 is 2.79 bits per heavy atom. The zero-order valence-electron chi connectivity index (χ0n) is 11.3. The van der Waals surface area contributed by atoms with Crippen LogP contribution in [0.1, 0.15) is 44.2 Å². The van der Waals surface area contributed by atoms with E-state index in [0.717, 1.165) is 36.1 Å². The van der Waals surface area contributed by atoms with Gasteiger partial charge in [-0.05, 0) is 42.9 Å². The maximum Gasteiger partial charge on any atom is 0.0991 e. The number of allylic oxidation sites excluding steroid dienone is 2. The summed E-state index contributed by atoms with van der Waals surface area (Å²) in [7, 11) is 0. The monoisotopic (exact) mass is 254 g/mol. The van der Waals surface area contributed by atoms with E-state index < -0.39 is 0 Å². The molecule has 0 fully saturated rings. The molecule has 2 rings (SSSR count). The van der Waals surface area contributed by atoms with Crippen molar-refractivity contribution < 1.29 is 5.21 Å². The first-order valence-electron chi connectivity index (χ1n) is 6.59. The number of benzene rings is 1. The highest BCUT2D eigenvalue weighted by atomic mass is 16.4. The Labute approximate surface area is 113 Å². The molecule has 1 aromatic carbocycles. The SMILES string of the molecule is CC(C)CC1=C(c2cccc(C#N)c2)C(=NO)CC1. The third-order valence-corrected chi connectivity index (χ3v) is 3.36. The molecule has 0 radical (unpaired) electrons. The lowest BCUT2D eigenvalue weighted by atomic mass is 9.94. The van der Waals surface area contributed by atoms with Gasteiger partial charge in [0.2, 0.25) is 0 Å². The molecule has 1 aliphatic rings. The first kappa shape index (κ1) is 13.4. The second-order valence-electron chi connectivity index (χ2n) is 5.32. The second kappa shape index (κ2) is 5.71. The van der Waals surface area contributed by atoms with Crippen molar-refractivity contribution in [2.45, 2.75) is 33.1 Å². The van der Waals surface area contributed by atoms with Gasteiger partial charge in [0.15, 0.2) is 0 Å². The smallest absolute Gasteiger partial charge is 0.0991 e. The largest absolute Gasteiger partial charge is 0.411 e. The van der Waals surface area contributed by atoms with Crippen molar-refractivity contribution >= 4 is 11.3 Å². The molecular formula is C16H18N2O. The standard InChI is InChI=1S/C16H18N2O/c1-11(2)8-14-6-7-15(18-19)16(14)13-5-3-4-12(9-13)10-17/h3-5,9,11,19H,6-8H2,1-2H3. The minimum atomic E-state index is 0.571. The van der Waals surface area contributed by atoms with Crippen LogP contribution in [0, 0.1) is 17.2 Å². The van der Waals surface area contributed by atoms with Crippen molar-refractivity contribution in [1.29, 1.82) is 5.26 Å². The van der Waals surface area contributed by atoms with Gasteiger partial charge in [0.05, 0.1) is 17.3 Å². The molecule has 0 unspecified atom stereocenters.